The minimum absolute atomic E-state index is 0.549. The van der Waals surface area contributed by atoms with E-state index in [1.54, 1.807) is 19.3 Å². The third-order valence-electron chi connectivity index (χ3n) is 6.16. The lowest BCUT2D eigenvalue weighted by Gasteiger charge is -2.59. The Labute approximate surface area is 99.2 Å². The number of hydrogen-bond donors (Lipinski definition) is 1. The summed E-state index contributed by atoms with van der Waals surface area (Å²) in [6.45, 7) is 0. The first kappa shape index (κ1) is 9.94. The Morgan fingerprint density at radius 2 is 1.44 bits per heavy atom. The molecule has 1 nitrogen and oxygen atoms in total. The smallest absolute Gasteiger partial charge is 0.00985 e. The number of nitrogens with two attached hydrogens (primary N) is 1. The molecule has 1 unspecified atom stereocenters. The van der Waals surface area contributed by atoms with Gasteiger partial charge in [-0.3, -0.25) is 0 Å². The van der Waals surface area contributed by atoms with E-state index >= 15 is 0 Å². The summed E-state index contributed by atoms with van der Waals surface area (Å²) in [5.41, 5.74) is 7.22. The van der Waals surface area contributed by atoms with Crippen LogP contribution in [-0.2, 0) is 0 Å². The fourth-order valence-corrected chi connectivity index (χ4v) is 5.59. The van der Waals surface area contributed by atoms with Crippen molar-refractivity contribution >= 4 is 0 Å². The molecule has 0 aromatic carbocycles. The van der Waals surface area contributed by atoms with Crippen molar-refractivity contribution in [1.29, 1.82) is 0 Å². The molecule has 5 aliphatic rings. The molecule has 5 rings (SSSR count). The van der Waals surface area contributed by atoms with Crippen LogP contribution in [0.5, 0.6) is 0 Å². The van der Waals surface area contributed by atoms with E-state index in [9.17, 15) is 0 Å². The van der Waals surface area contributed by atoms with Gasteiger partial charge in [-0.1, -0.05) is 12.8 Å². The minimum atomic E-state index is 0.549. The van der Waals surface area contributed by atoms with Gasteiger partial charge in [-0.2, -0.15) is 0 Å². The van der Waals surface area contributed by atoms with E-state index < -0.39 is 0 Å². The van der Waals surface area contributed by atoms with Crippen molar-refractivity contribution < 1.29 is 0 Å². The lowest BCUT2D eigenvalue weighted by atomic mass is 9.47. The molecule has 5 fully saturated rings. The average Bonchev–Trinajstić information content (AvgIpc) is 2.99. The van der Waals surface area contributed by atoms with Crippen LogP contribution in [0.4, 0.5) is 0 Å². The number of hydrogen-bond acceptors (Lipinski definition) is 1. The maximum atomic E-state index is 6.61. The molecule has 1 atom stereocenters. The van der Waals surface area contributed by atoms with E-state index in [0.29, 0.717) is 11.5 Å². The summed E-state index contributed by atoms with van der Waals surface area (Å²) in [5.74, 6) is 4.22. The van der Waals surface area contributed by atoms with Gasteiger partial charge < -0.3 is 5.73 Å². The SMILES string of the molecule is NC(CC1CC1)C12CC3CC(CC(C3)C1)C2. The molecule has 2 N–H and O–H groups in total. The van der Waals surface area contributed by atoms with Gasteiger partial charge in [-0.15, -0.1) is 0 Å². The van der Waals surface area contributed by atoms with Crippen LogP contribution in [0.15, 0.2) is 0 Å². The molecule has 0 heterocycles. The second kappa shape index (κ2) is 3.25. The predicted octanol–water partition coefficient (Wildman–Crippen LogP) is 3.33. The first-order chi connectivity index (χ1) is 7.73. The summed E-state index contributed by atoms with van der Waals surface area (Å²) >= 11 is 0. The van der Waals surface area contributed by atoms with E-state index in [-0.39, 0.29) is 0 Å². The van der Waals surface area contributed by atoms with Crippen molar-refractivity contribution in [2.24, 2.45) is 34.8 Å². The van der Waals surface area contributed by atoms with Gasteiger partial charge in [0.25, 0.3) is 0 Å². The van der Waals surface area contributed by atoms with E-state index in [0.717, 1.165) is 23.7 Å². The molecule has 5 aliphatic carbocycles. The Morgan fingerprint density at radius 3 is 1.88 bits per heavy atom. The summed E-state index contributed by atoms with van der Waals surface area (Å²) in [6, 6.07) is 0.549. The zero-order chi connectivity index (χ0) is 10.8. The highest BCUT2D eigenvalue weighted by Crippen LogP contribution is 2.61. The van der Waals surface area contributed by atoms with Gasteiger partial charge >= 0.3 is 0 Å². The van der Waals surface area contributed by atoms with Crippen LogP contribution < -0.4 is 5.73 Å². The van der Waals surface area contributed by atoms with Gasteiger partial charge in [0, 0.05) is 6.04 Å². The maximum absolute atomic E-state index is 6.61. The lowest BCUT2D eigenvalue weighted by Crippen LogP contribution is -2.54. The first-order valence-electron chi connectivity index (χ1n) is 7.49. The van der Waals surface area contributed by atoms with Crippen LogP contribution in [0, 0.1) is 29.1 Å². The summed E-state index contributed by atoms with van der Waals surface area (Å²) in [7, 11) is 0. The molecule has 0 spiro atoms. The summed E-state index contributed by atoms with van der Waals surface area (Å²) in [5, 5.41) is 0. The first-order valence-corrected chi connectivity index (χ1v) is 7.49. The van der Waals surface area contributed by atoms with Gasteiger partial charge in [0.2, 0.25) is 0 Å². The van der Waals surface area contributed by atoms with Crippen LogP contribution in [0.3, 0.4) is 0 Å². The lowest BCUT2D eigenvalue weighted by molar-refractivity contribution is -0.0689. The van der Waals surface area contributed by atoms with Crippen molar-refractivity contribution in [3.63, 3.8) is 0 Å². The zero-order valence-electron chi connectivity index (χ0n) is 10.3. The van der Waals surface area contributed by atoms with Crippen molar-refractivity contribution in [3.8, 4) is 0 Å². The highest BCUT2D eigenvalue weighted by atomic mass is 14.7. The topological polar surface area (TPSA) is 26.0 Å². The normalized spacial score (nSPS) is 51.9. The van der Waals surface area contributed by atoms with Crippen LogP contribution in [0.2, 0.25) is 0 Å². The highest BCUT2D eigenvalue weighted by molar-refractivity contribution is 5.06. The molecule has 0 amide bonds. The van der Waals surface area contributed by atoms with Gasteiger partial charge in [0.1, 0.15) is 0 Å². The van der Waals surface area contributed by atoms with Crippen molar-refractivity contribution in [2.45, 2.75) is 63.8 Å². The monoisotopic (exact) mass is 219 g/mol. The van der Waals surface area contributed by atoms with E-state index in [1.165, 1.54) is 38.5 Å². The molecule has 0 aliphatic heterocycles. The van der Waals surface area contributed by atoms with E-state index in [4.69, 9.17) is 5.73 Å². The molecule has 5 saturated carbocycles. The van der Waals surface area contributed by atoms with Gasteiger partial charge in [-0.25, -0.2) is 0 Å². The second-order valence-electron chi connectivity index (χ2n) is 7.57. The highest BCUT2D eigenvalue weighted by Gasteiger charge is 2.53. The average molecular weight is 219 g/mol. The van der Waals surface area contributed by atoms with E-state index in [2.05, 4.69) is 0 Å². The Kier molecular flexibility index (Phi) is 2.02. The summed E-state index contributed by atoms with van der Waals surface area (Å²) in [6.07, 6.45) is 13.4. The summed E-state index contributed by atoms with van der Waals surface area (Å²) in [4.78, 5) is 0. The zero-order valence-corrected chi connectivity index (χ0v) is 10.3. The Bertz CT molecular complexity index is 257. The van der Waals surface area contributed by atoms with Crippen LogP contribution in [0.1, 0.15) is 57.8 Å². The minimum Gasteiger partial charge on any atom is -0.327 e. The molecule has 90 valence electrons. The molecular weight excluding hydrogens is 194 g/mol. The molecular formula is C15H25N. The Morgan fingerprint density at radius 1 is 0.938 bits per heavy atom. The fraction of sp³-hybridized carbons (Fsp3) is 1.00. The largest absolute Gasteiger partial charge is 0.327 e. The number of rotatable bonds is 3. The molecule has 4 bridgehead atoms. The van der Waals surface area contributed by atoms with Gasteiger partial charge in [0.05, 0.1) is 0 Å². The van der Waals surface area contributed by atoms with Crippen molar-refractivity contribution in [1.82, 2.24) is 0 Å². The molecule has 0 aromatic heterocycles. The van der Waals surface area contributed by atoms with Crippen molar-refractivity contribution in [2.75, 3.05) is 0 Å². The quantitative estimate of drug-likeness (QED) is 0.774. The summed E-state index contributed by atoms with van der Waals surface area (Å²) < 4.78 is 0. The van der Waals surface area contributed by atoms with Crippen LogP contribution in [-0.4, -0.2) is 6.04 Å². The Hall–Kier alpha value is -0.0400. The third-order valence-corrected chi connectivity index (χ3v) is 6.16. The fourth-order valence-electron chi connectivity index (χ4n) is 5.59. The Balaban J connectivity index is 1.55. The molecule has 0 aromatic rings. The molecule has 1 heteroatoms. The van der Waals surface area contributed by atoms with Crippen LogP contribution in [0.25, 0.3) is 0 Å². The molecule has 16 heavy (non-hydrogen) atoms. The van der Waals surface area contributed by atoms with Gasteiger partial charge in [0.15, 0.2) is 0 Å². The van der Waals surface area contributed by atoms with Gasteiger partial charge in [-0.05, 0) is 74.0 Å². The molecule has 0 saturated heterocycles. The van der Waals surface area contributed by atoms with E-state index in [1.807, 2.05) is 0 Å². The third kappa shape index (κ3) is 1.47. The van der Waals surface area contributed by atoms with Crippen molar-refractivity contribution in [3.05, 3.63) is 0 Å². The second-order valence-corrected chi connectivity index (χ2v) is 7.57. The predicted molar refractivity (Wildman–Crippen MR) is 65.9 cm³/mol. The van der Waals surface area contributed by atoms with Crippen LogP contribution >= 0.6 is 0 Å². The standard InChI is InChI=1S/C15H25N/c16-14(6-10-1-2-10)15-7-11-3-12(8-15)5-13(4-11)9-15/h10-14H,1-9,16H2. The maximum Gasteiger partial charge on any atom is 0.00985 e. The molecule has 0 radical (unpaired) electrons.